The van der Waals surface area contributed by atoms with Gasteiger partial charge < -0.3 is 19.1 Å². The van der Waals surface area contributed by atoms with Crippen molar-refractivity contribution in [2.45, 2.75) is 32.6 Å². The molecule has 2 aromatic rings. The molecule has 2 unspecified atom stereocenters. The van der Waals surface area contributed by atoms with Crippen molar-refractivity contribution in [2.75, 3.05) is 32.2 Å². The molecule has 160 valence electrons. The van der Waals surface area contributed by atoms with Crippen molar-refractivity contribution >= 4 is 17.7 Å². The number of benzene rings is 2. The Morgan fingerprint density at radius 2 is 1.73 bits per heavy atom. The summed E-state index contributed by atoms with van der Waals surface area (Å²) in [4.78, 5) is 28.7. The van der Waals surface area contributed by atoms with Crippen molar-refractivity contribution in [1.29, 1.82) is 0 Å². The summed E-state index contributed by atoms with van der Waals surface area (Å²) >= 11 is 0. The predicted molar refractivity (Wildman–Crippen MR) is 114 cm³/mol. The SMILES string of the molecule is COC(=O)c1ccc(CN(C(=O)N2CC(C)OC(C)C2)c2cccc(OC)c2)cc1. The van der Waals surface area contributed by atoms with Gasteiger partial charge in [-0.05, 0) is 43.7 Å². The summed E-state index contributed by atoms with van der Waals surface area (Å²) in [5, 5.41) is 0. The molecule has 1 saturated heterocycles. The maximum absolute atomic E-state index is 13.5. The van der Waals surface area contributed by atoms with E-state index in [4.69, 9.17) is 14.2 Å². The molecule has 1 aliphatic rings. The van der Waals surface area contributed by atoms with Crippen LogP contribution >= 0.6 is 0 Å². The molecule has 0 aromatic heterocycles. The molecule has 0 radical (unpaired) electrons. The quantitative estimate of drug-likeness (QED) is 0.700. The fourth-order valence-corrected chi connectivity index (χ4v) is 3.60. The van der Waals surface area contributed by atoms with Crippen LogP contribution in [0.1, 0.15) is 29.8 Å². The molecule has 2 aromatic carbocycles. The lowest BCUT2D eigenvalue weighted by Crippen LogP contribution is -2.52. The van der Waals surface area contributed by atoms with Crippen LogP contribution in [0, 0.1) is 0 Å². The molecule has 3 rings (SSSR count). The summed E-state index contributed by atoms with van der Waals surface area (Å²) in [6, 6.07) is 14.4. The van der Waals surface area contributed by atoms with E-state index in [-0.39, 0.29) is 18.2 Å². The summed E-state index contributed by atoms with van der Waals surface area (Å²) < 4.78 is 15.9. The molecule has 1 heterocycles. The Balaban J connectivity index is 1.89. The fourth-order valence-electron chi connectivity index (χ4n) is 3.60. The molecule has 0 aliphatic carbocycles. The number of methoxy groups -OCH3 is 2. The summed E-state index contributed by atoms with van der Waals surface area (Å²) in [5.41, 5.74) is 2.10. The minimum absolute atomic E-state index is 0.0239. The van der Waals surface area contributed by atoms with E-state index < -0.39 is 5.97 Å². The van der Waals surface area contributed by atoms with Crippen LogP contribution in [0.4, 0.5) is 10.5 Å². The first-order chi connectivity index (χ1) is 14.4. The van der Waals surface area contributed by atoms with E-state index >= 15 is 0 Å². The number of hydrogen-bond donors (Lipinski definition) is 0. The van der Waals surface area contributed by atoms with Gasteiger partial charge in [-0.25, -0.2) is 9.59 Å². The number of carbonyl (C=O) groups is 2. The first-order valence-electron chi connectivity index (χ1n) is 9.94. The third-order valence-electron chi connectivity index (χ3n) is 5.00. The van der Waals surface area contributed by atoms with Crippen LogP contribution in [0.2, 0.25) is 0 Å². The molecule has 0 saturated carbocycles. The largest absolute Gasteiger partial charge is 0.497 e. The van der Waals surface area contributed by atoms with Gasteiger partial charge in [0.2, 0.25) is 0 Å². The van der Waals surface area contributed by atoms with Crippen molar-refractivity contribution in [3.8, 4) is 5.75 Å². The number of anilines is 1. The molecule has 0 N–H and O–H groups in total. The Labute approximate surface area is 177 Å². The van der Waals surface area contributed by atoms with E-state index in [9.17, 15) is 9.59 Å². The lowest BCUT2D eigenvalue weighted by Gasteiger charge is -2.38. The van der Waals surface area contributed by atoms with Gasteiger partial charge in [-0.3, -0.25) is 4.90 Å². The van der Waals surface area contributed by atoms with Crippen molar-refractivity contribution in [2.24, 2.45) is 0 Å². The summed E-state index contributed by atoms with van der Waals surface area (Å²) in [6.45, 7) is 5.36. The van der Waals surface area contributed by atoms with Crippen molar-refractivity contribution in [3.05, 3.63) is 59.7 Å². The van der Waals surface area contributed by atoms with Gasteiger partial charge in [0.1, 0.15) is 5.75 Å². The molecule has 0 bridgehead atoms. The molecule has 1 fully saturated rings. The van der Waals surface area contributed by atoms with Crippen molar-refractivity contribution in [3.63, 3.8) is 0 Å². The third-order valence-corrected chi connectivity index (χ3v) is 5.00. The molecule has 2 amide bonds. The first kappa shape index (κ1) is 21.6. The minimum atomic E-state index is -0.390. The van der Waals surface area contributed by atoms with Crippen LogP contribution in [0.25, 0.3) is 0 Å². The van der Waals surface area contributed by atoms with Gasteiger partial charge >= 0.3 is 12.0 Å². The number of nitrogens with zero attached hydrogens (tertiary/aromatic N) is 2. The molecular formula is C23H28N2O5. The van der Waals surface area contributed by atoms with Crippen LogP contribution in [-0.4, -0.2) is 56.4 Å². The van der Waals surface area contributed by atoms with Gasteiger partial charge in [0, 0.05) is 24.8 Å². The Morgan fingerprint density at radius 3 is 2.33 bits per heavy atom. The zero-order valence-corrected chi connectivity index (χ0v) is 17.8. The standard InChI is InChI=1S/C23H28N2O5/c1-16-13-24(14-17(2)30-16)23(27)25(20-6-5-7-21(12-20)28-3)15-18-8-10-19(11-9-18)22(26)29-4/h5-12,16-17H,13-15H2,1-4H3. The monoisotopic (exact) mass is 412 g/mol. The third kappa shape index (κ3) is 5.10. The average molecular weight is 412 g/mol. The second kappa shape index (κ2) is 9.63. The zero-order valence-electron chi connectivity index (χ0n) is 17.8. The van der Waals surface area contributed by atoms with Crippen LogP contribution in [0.5, 0.6) is 5.75 Å². The highest BCUT2D eigenvalue weighted by Crippen LogP contribution is 2.25. The minimum Gasteiger partial charge on any atom is -0.497 e. The number of rotatable bonds is 5. The highest BCUT2D eigenvalue weighted by atomic mass is 16.5. The van der Waals surface area contributed by atoms with Gasteiger partial charge in [-0.15, -0.1) is 0 Å². The van der Waals surface area contributed by atoms with Crippen LogP contribution in [0.3, 0.4) is 0 Å². The molecule has 7 heteroatoms. The van der Waals surface area contributed by atoms with Gasteiger partial charge in [0.15, 0.2) is 0 Å². The molecular weight excluding hydrogens is 384 g/mol. The maximum atomic E-state index is 13.5. The van der Waals surface area contributed by atoms with E-state index in [1.807, 2.05) is 55.1 Å². The van der Waals surface area contributed by atoms with Gasteiger partial charge in [-0.2, -0.15) is 0 Å². The van der Waals surface area contributed by atoms with Crippen molar-refractivity contribution < 1.29 is 23.8 Å². The number of morpholine rings is 1. The lowest BCUT2D eigenvalue weighted by molar-refractivity contribution is -0.0537. The Morgan fingerprint density at radius 1 is 1.07 bits per heavy atom. The zero-order chi connectivity index (χ0) is 21.7. The summed E-state index contributed by atoms with van der Waals surface area (Å²) in [5.74, 6) is 0.286. The van der Waals surface area contributed by atoms with Gasteiger partial charge in [-0.1, -0.05) is 18.2 Å². The number of esters is 1. The normalized spacial score (nSPS) is 18.6. The summed E-state index contributed by atoms with van der Waals surface area (Å²) in [7, 11) is 2.95. The number of carbonyl (C=O) groups excluding carboxylic acids is 2. The van der Waals surface area contributed by atoms with E-state index in [2.05, 4.69) is 0 Å². The molecule has 1 aliphatic heterocycles. The van der Waals surface area contributed by atoms with Gasteiger partial charge in [0.25, 0.3) is 0 Å². The van der Waals surface area contributed by atoms with E-state index in [0.717, 1.165) is 11.3 Å². The van der Waals surface area contributed by atoms with E-state index in [1.165, 1.54) is 7.11 Å². The Bertz CT molecular complexity index is 873. The van der Waals surface area contributed by atoms with Gasteiger partial charge in [0.05, 0.1) is 38.5 Å². The molecule has 0 spiro atoms. The molecule has 7 nitrogen and oxygen atoms in total. The number of hydrogen-bond acceptors (Lipinski definition) is 5. The topological polar surface area (TPSA) is 68.3 Å². The van der Waals surface area contributed by atoms with Crippen LogP contribution < -0.4 is 9.64 Å². The molecule has 2 atom stereocenters. The predicted octanol–water partition coefficient (Wildman–Crippen LogP) is 3.72. The smallest absolute Gasteiger partial charge is 0.337 e. The number of amides is 2. The van der Waals surface area contributed by atoms with Crippen LogP contribution in [-0.2, 0) is 16.0 Å². The average Bonchev–Trinajstić information content (AvgIpc) is 2.76. The molecule has 30 heavy (non-hydrogen) atoms. The second-order valence-electron chi connectivity index (χ2n) is 7.42. The Hall–Kier alpha value is -3.06. The first-order valence-corrected chi connectivity index (χ1v) is 9.94. The van der Waals surface area contributed by atoms with Crippen molar-refractivity contribution in [1.82, 2.24) is 4.90 Å². The lowest BCUT2D eigenvalue weighted by atomic mass is 10.1. The number of urea groups is 1. The highest BCUT2D eigenvalue weighted by Gasteiger charge is 2.30. The Kier molecular flexibility index (Phi) is 6.95. The second-order valence-corrected chi connectivity index (χ2v) is 7.42. The van der Waals surface area contributed by atoms with Crippen LogP contribution in [0.15, 0.2) is 48.5 Å². The maximum Gasteiger partial charge on any atom is 0.337 e. The van der Waals surface area contributed by atoms with E-state index in [0.29, 0.717) is 30.9 Å². The fraction of sp³-hybridized carbons (Fsp3) is 0.391. The number of ether oxygens (including phenoxy) is 3. The summed E-state index contributed by atoms with van der Waals surface area (Å²) in [6.07, 6.45) is -0.0478. The highest BCUT2D eigenvalue weighted by molar-refractivity contribution is 5.92. The van der Waals surface area contributed by atoms with E-state index in [1.54, 1.807) is 24.1 Å².